The summed E-state index contributed by atoms with van der Waals surface area (Å²) in [7, 11) is 0. The lowest BCUT2D eigenvalue weighted by molar-refractivity contribution is -0.137. The summed E-state index contributed by atoms with van der Waals surface area (Å²) >= 11 is 1.23. The van der Waals surface area contributed by atoms with E-state index in [1.165, 1.54) is 11.5 Å². The third-order valence-corrected chi connectivity index (χ3v) is 3.24. The van der Waals surface area contributed by atoms with Gasteiger partial charge in [0.2, 0.25) is 5.89 Å². The van der Waals surface area contributed by atoms with E-state index < -0.39 is 5.97 Å². The average Bonchev–Trinajstić information content (AvgIpc) is 2.97. The van der Waals surface area contributed by atoms with Gasteiger partial charge in [0.1, 0.15) is 4.88 Å². The Bertz CT molecular complexity index is 552. The number of nitrogens with zero attached hydrogens (tertiary/aromatic N) is 4. The molecule has 0 radical (unpaired) electrons. The molecule has 0 saturated heterocycles. The molecule has 0 aliphatic carbocycles. The Kier molecular flexibility index (Phi) is 4.56. The molecule has 8 heteroatoms. The number of carboxylic acids is 1. The first-order valence-electron chi connectivity index (χ1n) is 6.06. The van der Waals surface area contributed by atoms with Gasteiger partial charge in [-0.25, -0.2) is 0 Å². The molecular formula is C11H14N4O3S. The molecule has 2 heterocycles. The van der Waals surface area contributed by atoms with E-state index in [1.54, 1.807) is 0 Å². The van der Waals surface area contributed by atoms with Crippen LogP contribution in [0.15, 0.2) is 4.42 Å². The zero-order valence-electron chi connectivity index (χ0n) is 10.5. The van der Waals surface area contributed by atoms with Crippen LogP contribution in [-0.2, 0) is 17.6 Å². The van der Waals surface area contributed by atoms with Gasteiger partial charge < -0.3 is 9.52 Å². The number of rotatable bonds is 7. The zero-order valence-corrected chi connectivity index (χ0v) is 11.3. The maximum Gasteiger partial charge on any atom is 0.303 e. The molecule has 0 bridgehead atoms. The summed E-state index contributed by atoms with van der Waals surface area (Å²) in [6.07, 6.45) is 2.84. The van der Waals surface area contributed by atoms with E-state index in [-0.39, 0.29) is 6.42 Å². The fraction of sp³-hybridized carbons (Fsp3) is 0.545. The van der Waals surface area contributed by atoms with Gasteiger partial charge in [-0.05, 0) is 24.4 Å². The minimum atomic E-state index is -0.823. The summed E-state index contributed by atoms with van der Waals surface area (Å²) in [4.78, 5) is 11.2. The molecule has 0 spiro atoms. The fourth-order valence-electron chi connectivity index (χ4n) is 1.61. The highest BCUT2D eigenvalue weighted by molar-refractivity contribution is 7.09. The summed E-state index contributed by atoms with van der Waals surface area (Å²) < 4.78 is 9.41. The quantitative estimate of drug-likeness (QED) is 0.827. The summed E-state index contributed by atoms with van der Waals surface area (Å²) in [6.45, 7) is 2.06. The van der Waals surface area contributed by atoms with Crippen LogP contribution in [-0.4, -0.2) is 30.9 Å². The van der Waals surface area contributed by atoms with E-state index in [9.17, 15) is 4.79 Å². The van der Waals surface area contributed by atoms with Crippen LogP contribution in [0.3, 0.4) is 0 Å². The minimum Gasteiger partial charge on any atom is -0.481 e. The second kappa shape index (κ2) is 6.37. The van der Waals surface area contributed by atoms with Crippen molar-refractivity contribution in [2.45, 2.75) is 39.0 Å². The number of aryl methyl sites for hydroxylation is 2. The van der Waals surface area contributed by atoms with Crippen molar-refractivity contribution < 1.29 is 14.3 Å². The Morgan fingerprint density at radius 3 is 2.89 bits per heavy atom. The van der Waals surface area contributed by atoms with Crippen molar-refractivity contribution in [3.05, 3.63) is 11.6 Å². The van der Waals surface area contributed by atoms with Gasteiger partial charge in [-0.15, -0.1) is 15.3 Å². The van der Waals surface area contributed by atoms with E-state index >= 15 is 0 Å². The van der Waals surface area contributed by atoms with Gasteiger partial charge in [-0.1, -0.05) is 17.8 Å². The van der Waals surface area contributed by atoms with Gasteiger partial charge in [-0.2, -0.15) is 0 Å². The van der Waals surface area contributed by atoms with E-state index in [1.807, 2.05) is 0 Å². The number of carboxylic acid groups (broad SMARTS) is 1. The molecule has 2 aromatic heterocycles. The summed E-state index contributed by atoms with van der Waals surface area (Å²) in [5, 5.41) is 20.5. The standard InChI is InChI=1S/C11H14N4O3S/c1-2-4-7-10(19-15-12-7)11-14-13-8(18-11)5-3-6-9(16)17/h2-6H2,1H3,(H,16,17). The smallest absolute Gasteiger partial charge is 0.303 e. The molecular weight excluding hydrogens is 268 g/mol. The van der Waals surface area contributed by atoms with E-state index in [4.69, 9.17) is 9.52 Å². The maximum absolute atomic E-state index is 10.4. The van der Waals surface area contributed by atoms with Crippen LogP contribution >= 0.6 is 11.5 Å². The number of hydrogen-bond donors (Lipinski definition) is 1. The van der Waals surface area contributed by atoms with Gasteiger partial charge in [0, 0.05) is 12.8 Å². The van der Waals surface area contributed by atoms with Crippen molar-refractivity contribution in [2.75, 3.05) is 0 Å². The molecule has 0 aliphatic rings. The summed E-state index contributed by atoms with van der Waals surface area (Å²) in [5.74, 6) is 0.0486. The lowest BCUT2D eigenvalue weighted by Gasteiger charge is -1.94. The normalized spacial score (nSPS) is 10.8. The third-order valence-electron chi connectivity index (χ3n) is 2.48. The van der Waals surface area contributed by atoms with E-state index in [0.717, 1.165) is 23.4 Å². The Labute approximate surface area is 113 Å². The van der Waals surface area contributed by atoms with Crippen LogP contribution < -0.4 is 0 Å². The van der Waals surface area contributed by atoms with Crippen molar-refractivity contribution in [3.63, 3.8) is 0 Å². The minimum absolute atomic E-state index is 0.0981. The highest BCUT2D eigenvalue weighted by Crippen LogP contribution is 2.25. The molecule has 2 aromatic rings. The molecule has 7 nitrogen and oxygen atoms in total. The van der Waals surface area contributed by atoms with Crippen LogP contribution in [0.4, 0.5) is 0 Å². The topological polar surface area (TPSA) is 102 Å². The van der Waals surface area contributed by atoms with Crippen LogP contribution in [0.2, 0.25) is 0 Å². The van der Waals surface area contributed by atoms with Crippen LogP contribution in [0.5, 0.6) is 0 Å². The molecule has 0 amide bonds. The first-order chi connectivity index (χ1) is 9.20. The predicted molar refractivity (Wildman–Crippen MR) is 67.8 cm³/mol. The largest absolute Gasteiger partial charge is 0.481 e. The van der Waals surface area contributed by atoms with E-state index in [2.05, 4.69) is 26.7 Å². The lowest BCUT2D eigenvalue weighted by Crippen LogP contribution is -1.95. The molecule has 0 atom stereocenters. The van der Waals surface area contributed by atoms with Crippen LogP contribution in [0, 0.1) is 0 Å². The number of carbonyl (C=O) groups is 1. The van der Waals surface area contributed by atoms with Crippen LogP contribution in [0.25, 0.3) is 10.8 Å². The van der Waals surface area contributed by atoms with Gasteiger partial charge in [0.25, 0.3) is 5.89 Å². The molecule has 0 fully saturated rings. The van der Waals surface area contributed by atoms with Crippen molar-refractivity contribution in [3.8, 4) is 10.8 Å². The highest BCUT2D eigenvalue weighted by Gasteiger charge is 2.16. The molecule has 2 rings (SSSR count). The van der Waals surface area contributed by atoms with Crippen molar-refractivity contribution in [1.29, 1.82) is 0 Å². The molecule has 19 heavy (non-hydrogen) atoms. The van der Waals surface area contributed by atoms with Crippen molar-refractivity contribution in [2.24, 2.45) is 0 Å². The molecule has 0 unspecified atom stereocenters. The predicted octanol–water partition coefficient (Wildman–Crippen LogP) is 1.95. The van der Waals surface area contributed by atoms with E-state index in [0.29, 0.717) is 24.6 Å². The number of aliphatic carboxylic acids is 1. The van der Waals surface area contributed by atoms with Crippen LogP contribution in [0.1, 0.15) is 37.8 Å². The maximum atomic E-state index is 10.4. The fourth-order valence-corrected chi connectivity index (χ4v) is 2.24. The first-order valence-corrected chi connectivity index (χ1v) is 6.83. The molecule has 0 aromatic carbocycles. The first kappa shape index (κ1) is 13.6. The third kappa shape index (κ3) is 3.57. The molecule has 0 saturated carbocycles. The van der Waals surface area contributed by atoms with Gasteiger partial charge in [0.15, 0.2) is 0 Å². The average molecular weight is 282 g/mol. The Hall–Kier alpha value is -1.83. The van der Waals surface area contributed by atoms with Crippen molar-refractivity contribution >= 4 is 17.5 Å². The number of hydrogen-bond acceptors (Lipinski definition) is 7. The summed E-state index contributed by atoms with van der Waals surface area (Å²) in [5.41, 5.74) is 0.869. The van der Waals surface area contributed by atoms with Gasteiger partial charge in [-0.3, -0.25) is 4.79 Å². The van der Waals surface area contributed by atoms with Crippen molar-refractivity contribution in [1.82, 2.24) is 19.8 Å². The Balaban J connectivity index is 2.03. The van der Waals surface area contributed by atoms with Gasteiger partial charge in [0.05, 0.1) is 5.69 Å². The highest BCUT2D eigenvalue weighted by atomic mass is 32.1. The number of aromatic nitrogens is 4. The molecule has 1 N–H and O–H groups in total. The lowest BCUT2D eigenvalue weighted by atomic mass is 10.2. The zero-order chi connectivity index (χ0) is 13.7. The monoisotopic (exact) mass is 282 g/mol. The molecule has 0 aliphatic heterocycles. The SMILES string of the molecule is CCCc1nnsc1-c1nnc(CCCC(=O)O)o1. The second-order valence-corrected chi connectivity index (χ2v) is 4.80. The Morgan fingerprint density at radius 1 is 1.32 bits per heavy atom. The second-order valence-electron chi connectivity index (χ2n) is 4.05. The molecule has 102 valence electrons. The summed E-state index contributed by atoms with van der Waals surface area (Å²) in [6, 6.07) is 0. The Morgan fingerprint density at radius 2 is 2.16 bits per heavy atom. The van der Waals surface area contributed by atoms with Gasteiger partial charge >= 0.3 is 5.97 Å².